The van der Waals surface area contributed by atoms with E-state index in [-0.39, 0.29) is 12.1 Å². The van der Waals surface area contributed by atoms with Crippen molar-refractivity contribution in [3.05, 3.63) is 34.9 Å². The molecule has 0 radical (unpaired) electrons. The maximum Gasteiger partial charge on any atom is 0.338 e. The first-order valence-corrected chi connectivity index (χ1v) is 6.10. The van der Waals surface area contributed by atoms with Crippen molar-refractivity contribution in [1.29, 1.82) is 0 Å². The second kappa shape index (κ2) is 5.35. The van der Waals surface area contributed by atoms with Gasteiger partial charge in [0.25, 0.3) is 0 Å². The normalized spacial score (nSPS) is 17.1. The molecule has 86 valence electrons. The van der Waals surface area contributed by atoms with Gasteiger partial charge in [-0.05, 0) is 43.9 Å². The Morgan fingerprint density at radius 3 is 2.69 bits per heavy atom. The molecule has 1 fully saturated rings. The highest BCUT2D eigenvalue weighted by Crippen LogP contribution is 2.22. The van der Waals surface area contributed by atoms with E-state index >= 15 is 0 Å². The van der Waals surface area contributed by atoms with E-state index in [1.807, 2.05) is 0 Å². The third-order valence-corrected chi connectivity index (χ3v) is 3.12. The van der Waals surface area contributed by atoms with Crippen LogP contribution in [-0.4, -0.2) is 12.1 Å². The van der Waals surface area contributed by atoms with E-state index in [1.54, 1.807) is 24.3 Å². The van der Waals surface area contributed by atoms with Gasteiger partial charge in [0.05, 0.1) is 5.56 Å². The molecule has 0 saturated heterocycles. The van der Waals surface area contributed by atoms with Crippen LogP contribution in [0.2, 0.25) is 5.02 Å². The van der Waals surface area contributed by atoms with Crippen molar-refractivity contribution in [1.82, 2.24) is 0 Å². The molecule has 0 amide bonds. The lowest BCUT2D eigenvalue weighted by Crippen LogP contribution is -2.20. The standard InChI is InChI=1S/C13H15ClO2/c14-11-6-4-5-10(9-11)13(15)16-12-7-2-1-3-8-12/h4-6,9,12H,1-3,7-8H2. The van der Waals surface area contributed by atoms with Gasteiger partial charge >= 0.3 is 5.97 Å². The van der Waals surface area contributed by atoms with Crippen LogP contribution in [0.15, 0.2) is 24.3 Å². The van der Waals surface area contributed by atoms with Gasteiger partial charge in [-0.3, -0.25) is 0 Å². The van der Waals surface area contributed by atoms with E-state index in [0.717, 1.165) is 25.7 Å². The van der Waals surface area contributed by atoms with Crippen LogP contribution in [0.1, 0.15) is 42.5 Å². The fourth-order valence-electron chi connectivity index (χ4n) is 2.02. The maximum atomic E-state index is 11.8. The zero-order chi connectivity index (χ0) is 11.4. The van der Waals surface area contributed by atoms with Crippen LogP contribution in [0.5, 0.6) is 0 Å². The van der Waals surface area contributed by atoms with Crippen molar-refractivity contribution >= 4 is 17.6 Å². The molecular formula is C13H15ClO2. The van der Waals surface area contributed by atoms with Gasteiger partial charge in [0.15, 0.2) is 0 Å². The first-order chi connectivity index (χ1) is 7.75. The number of carbonyl (C=O) groups is 1. The highest BCUT2D eigenvalue weighted by molar-refractivity contribution is 6.30. The van der Waals surface area contributed by atoms with E-state index in [9.17, 15) is 4.79 Å². The van der Waals surface area contributed by atoms with Gasteiger partial charge in [0, 0.05) is 5.02 Å². The molecule has 1 aromatic carbocycles. The molecule has 16 heavy (non-hydrogen) atoms. The van der Waals surface area contributed by atoms with Gasteiger partial charge in [0.2, 0.25) is 0 Å². The van der Waals surface area contributed by atoms with E-state index < -0.39 is 0 Å². The molecule has 0 aromatic heterocycles. The molecule has 0 atom stereocenters. The number of hydrogen-bond acceptors (Lipinski definition) is 2. The monoisotopic (exact) mass is 238 g/mol. The quantitative estimate of drug-likeness (QED) is 0.732. The summed E-state index contributed by atoms with van der Waals surface area (Å²) in [6.07, 6.45) is 5.66. The van der Waals surface area contributed by atoms with Crippen LogP contribution in [-0.2, 0) is 4.74 Å². The summed E-state index contributed by atoms with van der Waals surface area (Å²) in [6, 6.07) is 6.89. The van der Waals surface area contributed by atoms with E-state index in [2.05, 4.69) is 0 Å². The molecule has 0 bridgehead atoms. The van der Waals surface area contributed by atoms with Gasteiger partial charge < -0.3 is 4.74 Å². The van der Waals surface area contributed by atoms with Gasteiger partial charge in [-0.25, -0.2) is 4.79 Å². The Morgan fingerprint density at radius 2 is 2.00 bits per heavy atom. The number of benzene rings is 1. The molecule has 1 saturated carbocycles. The van der Waals surface area contributed by atoms with Crippen LogP contribution in [0.25, 0.3) is 0 Å². The van der Waals surface area contributed by atoms with Crippen molar-refractivity contribution in [2.45, 2.75) is 38.2 Å². The highest BCUT2D eigenvalue weighted by atomic mass is 35.5. The molecule has 3 heteroatoms. The lowest BCUT2D eigenvalue weighted by molar-refractivity contribution is 0.0211. The molecule has 1 aliphatic carbocycles. The van der Waals surface area contributed by atoms with Crippen molar-refractivity contribution in [3.63, 3.8) is 0 Å². The molecular weight excluding hydrogens is 224 g/mol. The second-order valence-electron chi connectivity index (χ2n) is 4.18. The Labute approximate surface area is 101 Å². The summed E-state index contributed by atoms with van der Waals surface area (Å²) in [7, 11) is 0. The fraction of sp³-hybridized carbons (Fsp3) is 0.462. The number of rotatable bonds is 2. The van der Waals surface area contributed by atoms with E-state index in [1.165, 1.54) is 6.42 Å². The number of esters is 1. The van der Waals surface area contributed by atoms with Crippen LogP contribution in [0.3, 0.4) is 0 Å². The Morgan fingerprint density at radius 1 is 1.25 bits per heavy atom. The zero-order valence-corrected chi connectivity index (χ0v) is 9.87. The molecule has 2 rings (SSSR count). The first-order valence-electron chi connectivity index (χ1n) is 5.72. The molecule has 1 aliphatic rings. The summed E-state index contributed by atoms with van der Waals surface area (Å²) in [5.41, 5.74) is 0.540. The number of hydrogen-bond donors (Lipinski definition) is 0. The summed E-state index contributed by atoms with van der Waals surface area (Å²) in [4.78, 5) is 11.8. The Kier molecular flexibility index (Phi) is 3.83. The lowest BCUT2D eigenvalue weighted by Gasteiger charge is -2.21. The van der Waals surface area contributed by atoms with Gasteiger partial charge in [0.1, 0.15) is 6.10 Å². The summed E-state index contributed by atoms with van der Waals surface area (Å²) in [5.74, 6) is -0.255. The Balaban J connectivity index is 1.97. The number of ether oxygens (including phenoxy) is 1. The predicted molar refractivity (Wildman–Crippen MR) is 63.7 cm³/mol. The van der Waals surface area contributed by atoms with Crippen LogP contribution in [0, 0.1) is 0 Å². The van der Waals surface area contributed by atoms with Gasteiger partial charge in [-0.2, -0.15) is 0 Å². The minimum atomic E-state index is -0.255. The van der Waals surface area contributed by atoms with Crippen molar-refractivity contribution in [2.75, 3.05) is 0 Å². The van der Waals surface area contributed by atoms with Gasteiger partial charge in [-0.15, -0.1) is 0 Å². The average Bonchev–Trinajstić information content (AvgIpc) is 2.30. The maximum absolute atomic E-state index is 11.8. The summed E-state index contributed by atoms with van der Waals surface area (Å²) in [5, 5.41) is 0.568. The SMILES string of the molecule is O=C(OC1CCCCC1)c1cccc(Cl)c1. The highest BCUT2D eigenvalue weighted by Gasteiger charge is 2.18. The van der Waals surface area contributed by atoms with Gasteiger partial charge in [-0.1, -0.05) is 24.1 Å². The molecule has 0 spiro atoms. The molecule has 0 N–H and O–H groups in total. The average molecular weight is 239 g/mol. The van der Waals surface area contributed by atoms with Crippen LogP contribution >= 0.6 is 11.6 Å². The lowest BCUT2D eigenvalue weighted by atomic mass is 9.98. The summed E-state index contributed by atoms with van der Waals surface area (Å²) in [6.45, 7) is 0. The number of carbonyl (C=O) groups excluding carboxylic acids is 1. The Bertz CT molecular complexity index is 370. The van der Waals surface area contributed by atoms with Crippen LogP contribution < -0.4 is 0 Å². The van der Waals surface area contributed by atoms with Crippen molar-refractivity contribution < 1.29 is 9.53 Å². The Hall–Kier alpha value is -1.02. The molecule has 0 unspecified atom stereocenters. The zero-order valence-electron chi connectivity index (χ0n) is 9.12. The van der Waals surface area contributed by atoms with Crippen molar-refractivity contribution in [2.24, 2.45) is 0 Å². The second-order valence-corrected chi connectivity index (χ2v) is 4.61. The first kappa shape index (κ1) is 11.5. The fourth-order valence-corrected chi connectivity index (χ4v) is 2.21. The number of halogens is 1. The largest absolute Gasteiger partial charge is 0.459 e. The topological polar surface area (TPSA) is 26.3 Å². The smallest absolute Gasteiger partial charge is 0.338 e. The minimum Gasteiger partial charge on any atom is -0.459 e. The van der Waals surface area contributed by atoms with E-state index in [0.29, 0.717) is 10.6 Å². The third kappa shape index (κ3) is 2.99. The van der Waals surface area contributed by atoms with E-state index in [4.69, 9.17) is 16.3 Å². The summed E-state index contributed by atoms with van der Waals surface area (Å²) >= 11 is 5.82. The molecule has 0 heterocycles. The van der Waals surface area contributed by atoms with Crippen LogP contribution in [0.4, 0.5) is 0 Å². The van der Waals surface area contributed by atoms with Crippen molar-refractivity contribution in [3.8, 4) is 0 Å². The predicted octanol–water partition coefficient (Wildman–Crippen LogP) is 3.83. The summed E-state index contributed by atoms with van der Waals surface area (Å²) < 4.78 is 5.43. The minimum absolute atomic E-state index is 0.0974. The molecule has 2 nitrogen and oxygen atoms in total. The molecule has 0 aliphatic heterocycles. The third-order valence-electron chi connectivity index (χ3n) is 2.89. The molecule has 1 aromatic rings.